The Balaban J connectivity index is 1.59. The summed E-state index contributed by atoms with van der Waals surface area (Å²) in [4.78, 5) is 18.4. The van der Waals surface area contributed by atoms with E-state index in [1.165, 1.54) is 0 Å². The Morgan fingerprint density at radius 2 is 1.93 bits per heavy atom. The van der Waals surface area contributed by atoms with Gasteiger partial charge in [0.1, 0.15) is 18.4 Å². The molecule has 5 nitrogen and oxygen atoms in total. The van der Waals surface area contributed by atoms with Crippen LogP contribution in [0.15, 0.2) is 79.0 Å². The third-order valence-corrected chi connectivity index (χ3v) is 5.60. The van der Waals surface area contributed by atoms with Crippen molar-refractivity contribution >= 4 is 5.97 Å². The predicted molar refractivity (Wildman–Crippen MR) is 115 cm³/mol. The summed E-state index contributed by atoms with van der Waals surface area (Å²) < 4.78 is 6.02. The molecule has 0 bridgehead atoms. The molecule has 1 aromatic heterocycles. The van der Waals surface area contributed by atoms with Crippen LogP contribution < -0.4 is 4.74 Å². The molecule has 2 atom stereocenters. The van der Waals surface area contributed by atoms with Crippen LogP contribution in [0.2, 0.25) is 0 Å². The molecule has 0 aliphatic carbocycles. The van der Waals surface area contributed by atoms with Crippen LogP contribution in [-0.2, 0) is 17.8 Å². The van der Waals surface area contributed by atoms with E-state index in [0.717, 1.165) is 35.5 Å². The SMILES string of the molecule is O=C(O)C1CCCN1C(Cc1ccccn1)c1cccc(OCc2ccccc2)c1. The number of rotatable bonds is 8. The van der Waals surface area contributed by atoms with Gasteiger partial charge in [0.25, 0.3) is 0 Å². The van der Waals surface area contributed by atoms with E-state index in [9.17, 15) is 9.90 Å². The van der Waals surface area contributed by atoms with Gasteiger partial charge in [0, 0.05) is 24.4 Å². The van der Waals surface area contributed by atoms with Crippen LogP contribution in [0.3, 0.4) is 0 Å². The molecule has 0 saturated carbocycles. The lowest BCUT2D eigenvalue weighted by Crippen LogP contribution is -2.39. The van der Waals surface area contributed by atoms with Gasteiger partial charge in [0.05, 0.1) is 0 Å². The fourth-order valence-electron chi connectivity index (χ4n) is 4.12. The van der Waals surface area contributed by atoms with Crippen LogP contribution in [0.1, 0.15) is 35.7 Å². The van der Waals surface area contributed by atoms with E-state index >= 15 is 0 Å². The minimum atomic E-state index is -0.755. The number of aliphatic carboxylic acids is 1. The molecule has 1 N–H and O–H groups in total. The van der Waals surface area contributed by atoms with Crippen molar-refractivity contribution in [2.75, 3.05) is 6.54 Å². The molecule has 1 fully saturated rings. The van der Waals surface area contributed by atoms with Gasteiger partial charge in [0.2, 0.25) is 0 Å². The zero-order valence-electron chi connectivity index (χ0n) is 16.9. The molecule has 2 heterocycles. The summed E-state index contributed by atoms with van der Waals surface area (Å²) in [7, 11) is 0. The summed E-state index contributed by atoms with van der Waals surface area (Å²) in [6.45, 7) is 1.26. The van der Waals surface area contributed by atoms with Crippen molar-refractivity contribution in [1.82, 2.24) is 9.88 Å². The molecule has 0 amide bonds. The molecule has 2 aromatic carbocycles. The number of hydrogen-bond donors (Lipinski definition) is 1. The fourth-order valence-corrected chi connectivity index (χ4v) is 4.12. The van der Waals surface area contributed by atoms with E-state index < -0.39 is 12.0 Å². The molecule has 1 saturated heterocycles. The second kappa shape index (κ2) is 9.55. The van der Waals surface area contributed by atoms with Crippen molar-refractivity contribution in [3.63, 3.8) is 0 Å². The van der Waals surface area contributed by atoms with Gasteiger partial charge in [-0.25, -0.2) is 0 Å². The first-order chi connectivity index (χ1) is 14.7. The second-order valence-electron chi connectivity index (χ2n) is 7.62. The van der Waals surface area contributed by atoms with Gasteiger partial charge in [-0.15, -0.1) is 0 Å². The monoisotopic (exact) mass is 402 g/mol. The van der Waals surface area contributed by atoms with Crippen LogP contribution >= 0.6 is 0 Å². The number of likely N-dealkylation sites (tertiary alicyclic amines) is 1. The Morgan fingerprint density at radius 1 is 1.10 bits per heavy atom. The summed E-state index contributed by atoms with van der Waals surface area (Å²) in [5.74, 6) is 0.0310. The normalized spacial score (nSPS) is 17.5. The van der Waals surface area contributed by atoms with Crippen molar-refractivity contribution in [2.24, 2.45) is 0 Å². The topological polar surface area (TPSA) is 62.7 Å². The molecule has 30 heavy (non-hydrogen) atoms. The largest absolute Gasteiger partial charge is 0.489 e. The number of aromatic nitrogens is 1. The molecule has 154 valence electrons. The predicted octanol–water partition coefficient (Wildman–Crippen LogP) is 4.49. The number of nitrogens with zero attached hydrogens (tertiary/aromatic N) is 2. The number of carbonyl (C=O) groups is 1. The number of ether oxygens (including phenoxy) is 1. The Labute approximate surface area is 177 Å². The van der Waals surface area contributed by atoms with Crippen LogP contribution in [0, 0.1) is 0 Å². The van der Waals surface area contributed by atoms with Crippen LogP contribution in [-0.4, -0.2) is 33.5 Å². The minimum Gasteiger partial charge on any atom is -0.489 e. The van der Waals surface area contributed by atoms with E-state index in [1.54, 1.807) is 6.20 Å². The zero-order valence-corrected chi connectivity index (χ0v) is 16.9. The highest BCUT2D eigenvalue weighted by atomic mass is 16.5. The van der Waals surface area contributed by atoms with Crippen LogP contribution in [0.5, 0.6) is 5.75 Å². The standard InChI is InChI=1S/C25H26N2O3/c28-25(29)23-13-7-15-27(23)24(17-21-11-4-5-14-26-21)20-10-6-12-22(16-20)30-18-19-8-2-1-3-9-19/h1-6,8-12,14,16,23-24H,7,13,15,17-18H2,(H,28,29). The minimum absolute atomic E-state index is 0.0659. The molecular formula is C25H26N2O3. The summed E-state index contributed by atoms with van der Waals surface area (Å²) >= 11 is 0. The van der Waals surface area contributed by atoms with Gasteiger partial charge in [-0.05, 0) is 54.8 Å². The van der Waals surface area contributed by atoms with Crippen molar-refractivity contribution in [3.8, 4) is 5.75 Å². The van der Waals surface area contributed by atoms with Gasteiger partial charge in [-0.3, -0.25) is 14.7 Å². The lowest BCUT2D eigenvalue weighted by atomic mass is 9.98. The molecule has 1 aliphatic heterocycles. The number of hydrogen-bond acceptors (Lipinski definition) is 4. The van der Waals surface area contributed by atoms with E-state index in [2.05, 4.69) is 16.0 Å². The van der Waals surface area contributed by atoms with E-state index in [0.29, 0.717) is 19.4 Å². The van der Waals surface area contributed by atoms with E-state index in [4.69, 9.17) is 4.74 Å². The number of benzene rings is 2. The van der Waals surface area contributed by atoms with Gasteiger partial charge in [0.15, 0.2) is 0 Å². The Kier molecular flexibility index (Phi) is 6.40. The average molecular weight is 402 g/mol. The van der Waals surface area contributed by atoms with Crippen molar-refractivity contribution in [1.29, 1.82) is 0 Å². The van der Waals surface area contributed by atoms with Crippen molar-refractivity contribution in [2.45, 2.75) is 38.0 Å². The Bertz CT molecular complexity index is 962. The number of pyridine rings is 1. The van der Waals surface area contributed by atoms with Gasteiger partial charge < -0.3 is 9.84 Å². The molecule has 0 radical (unpaired) electrons. The maximum Gasteiger partial charge on any atom is 0.320 e. The summed E-state index contributed by atoms with van der Waals surface area (Å²) in [6.07, 6.45) is 4.01. The molecule has 0 spiro atoms. The molecular weight excluding hydrogens is 376 g/mol. The van der Waals surface area contributed by atoms with Gasteiger partial charge in [-0.2, -0.15) is 0 Å². The number of carboxylic acids is 1. The molecule has 1 aliphatic rings. The zero-order chi connectivity index (χ0) is 20.8. The quantitative estimate of drug-likeness (QED) is 0.601. The molecule has 5 heteroatoms. The molecule has 3 aromatic rings. The third kappa shape index (κ3) is 4.86. The maximum atomic E-state index is 11.8. The van der Waals surface area contributed by atoms with Crippen molar-refractivity contribution < 1.29 is 14.6 Å². The Hall–Kier alpha value is -3.18. The summed E-state index contributed by atoms with van der Waals surface area (Å²) in [6, 6.07) is 23.4. The summed E-state index contributed by atoms with van der Waals surface area (Å²) in [5, 5.41) is 9.73. The highest BCUT2D eigenvalue weighted by Crippen LogP contribution is 2.33. The van der Waals surface area contributed by atoms with Crippen molar-refractivity contribution in [3.05, 3.63) is 95.8 Å². The maximum absolute atomic E-state index is 11.8. The second-order valence-corrected chi connectivity index (χ2v) is 7.62. The van der Waals surface area contributed by atoms with Gasteiger partial charge in [-0.1, -0.05) is 48.5 Å². The van der Waals surface area contributed by atoms with Crippen LogP contribution in [0.4, 0.5) is 0 Å². The smallest absolute Gasteiger partial charge is 0.320 e. The van der Waals surface area contributed by atoms with E-state index in [1.807, 2.05) is 66.7 Å². The highest BCUT2D eigenvalue weighted by Gasteiger charge is 2.36. The fraction of sp³-hybridized carbons (Fsp3) is 0.280. The third-order valence-electron chi connectivity index (χ3n) is 5.60. The average Bonchev–Trinajstić information content (AvgIpc) is 3.28. The molecule has 2 unspecified atom stereocenters. The van der Waals surface area contributed by atoms with Crippen LogP contribution in [0.25, 0.3) is 0 Å². The first kappa shape index (κ1) is 20.1. The lowest BCUT2D eigenvalue weighted by molar-refractivity contribution is -0.143. The first-order valence-electron chi connectivity index (χ1n) is 10.4. The Morgan fingerprint density at radius 3 is 2.70 bits per heavy atom. The van der Waals surface area contributed by atoms with Gasteiger partial charge >= 0.3 is 5.97 Å². The van der Waals surface area contributed by atoms with E-state index in [-0.39, 0.29) is 6.04 Å². The molecule has 4 rings (SSSR count). The summed E-state index contributed by atoms with van der Waals surface area (Å²) in [5.41, 5.74) is 3.12. The first-order valence-corrected chi connectivity index (χ1v) is 10.4. The lowest BCUT2D eigenvalue weighted by Gasteiger charge is -2.31. The highest BCUT2D eigenvalue weighted by molar-refractivity contribution is 5.74. The number of carboxylic acid groups (broad SMARTS) is 1.